The molecule has 3 amide bonds. The smallest absolute Gasteiger partial charge is 0.255 e. The van der Waals surface area contributed by atoms with Crippen LogP contribution in [0.5, 0.6) is 5.75 Å². The number of hydrogen-bond acceptors (Lipinski definition) is 7. The van der Waals surface area contributed by atoms with Crippen molar-refractivity contribution in [2.75, 3.05) is 55.6 Å². The molecule has 3 fully saturated rings. The fourth-order valence-corrected chi connectivity index (χ4v) is 10.6. The van der Waals surface area contributed by atoms with E-state index >= 15 is 0 Å². The first-order chi connectivity index (χ1) is 27.3. The predicted octanol–water partition coefficient (Wildman–Crippen LogP) is 6.15. The minimum absolute atomic E-state index is 0.119. The van der Waals surface area contributed by atoms with E-state index < -0.39 is 6.04 Å². The number of fused-ring (bicyclic) bond motifs is 3. The number of nitrogens with zero attached hydrogens (tertiary/aromatic N) is 4. The van der Waals surface area contributed by atoms with Crippen LogP contribution in [0.15, 0.2) is 78.9 Å². The minimum atomic E-state index is -0.585. The zero-order chi connectivity index (χ0) is 37.9. The van der Waals surface area contributed by atoms with E-state index in [2.05, 4.69) is 74.6 Å². The van der Waals surface area contributed by atoms with Crippen molar-refractivity contribution in [3.8, 4) is 5.75 Å². The molecule has 0 spiro atoms. The molecule has 4 aliphatic heterocycles. The van der Waals surface area contributed by atoms with E-state index in [4.69, 9.17) is 0 Å². The van der Waals surface area contributed by atoms with Gasteiger partial charge < -0.3 is 19.8 Å². The van der Waals surface area contributed by atoms with Gasteiger partial charge >= 0.3 is 0 Å². The zero-order valence-corrected chi connectivity index (χ0v) is 32.1. The third kappa shape index (κ3) is 6.53. The Bertz CT molecular complexity index is 2190. The average molecular weight is 750 g/mol. The van der Waals surface area contributed by atoms with Crippen LogP contribution in [-0.2, 0) is 35.4 Å². The summed E-state index contributed by atoms with van der Waals surface area (Å²) in [6.45, 7) is 7.67. The Morgan fingerprint density at radius 2 is 1.38 bits per heavy atom. The maximum absolute atomic E-state index is 13.2. The summed E-state index contributed by atoms with van der Waals surface area (Å²) in [6, 6.07) is 28.1. The normalized spacial score (nSPS) is 24.0. The monoisotopic (exact) mass is 749 g/mol. The van der Waals surface area contributed by atoms with Crippen LogP contribution in [0.4, 0.5) is 11.4 Å². The number of phenolic OH excluding ortho intramolecular Hbond substituents is 1. The molecular weight excluding hydrogens is 699 g/mol. The van der Waals surface area contributed by atoms with E-state index in [1.807, 2.05) is 24.3 Å². The SMILES string of the molecule is O=C1CC[C@H](N2Cc3cc(N4CCN(CC5CCN(c6ccc([C@@H]7c8ccc(O)cc8CC[C@@H]7c7ccc8c(c7)CC8)cc6)CC5)CC4)ccc3C2=O)C(=O)N1. The van der Waals surface area contributed by atoms with Crippen molar-refractivity contribution in [2.24, 2.45) is 5.92 Å². The molecule has 288 valence electrons. The standard InChI is InChI=1S/C47H51N5O4/c53-39-11-14-41-35(27-39)7-12-40(34-4-2-31-1-3-33(31)25-34)45(41)32-5-8-37(9-6-32)50-19-17-30(18-20-50)28-49-21-23-51(24-22-49)38-10-13-42-36(26-38)29-52(47(42)56)43-15-16-44(54)48-46(43)55/h2,4-6,8-11,13-14,25-27,30,40,43,45,53H,1,3,7,12,15-24,28-29H2,(H,48,54,55)/t40-,43+,45+/m1/s1. The van der Waals surface area contributed by atoms with Gasteiger partial charge in [0.15, 0.2) is 0 Å². The van der Waals surface area contributed by atoms with Crippen LogP contribution in [0.25, 0.3) is 0 Å². The molecule has 0 unspecified atom stereocenters. The van der Waals surface area contributed by atoms with Gasteiger partial charge in [0.05, 0.1) is 0 Å². The van der Waals surface area contributed by atoms with Crippen LogP contribution in [0.3, 0.4) is 0 Å². The van der Waals surface area contributed by atoms with Gasteiger partial charge in [-0.25, -0.2) is 0 Å². The fraction of sp³-hybridized carbons (Fsp3) is 0.426. The molecule has 0 radical (unpaired) electrons. The van der Waals surface area contributed by atoms with E-state index in [1.165, 1.54) is 64.8 Å². The molecule has 0 saturated carbocycles. The zero-order valence-electron chi connectivity index (χ0n) is 32.1. The summed E-state index contributed by atoms with van der Waals surface area (Å²) in [5.74, 6) is 1.01. The minimum Gasteiger partial charge on any atom is -0.508 e. The van der Waals surface area contributed by atoms with E-state index in [0.717, 1.165) is 69.9 Å². The number of carbonyl (C=O) groups is 3. The predicted molar refractivity (Wildman–Crippen MR) is 217 cm³/mol. The quantitative estimate of drug-likeness (QED) is 0.219. The molecule has 9 heteroatoms. The second-order valence-electron chi connectivity index (χ2n) is 17.1. The van der Waals surface area contributed by atoms with Crippen LogP contribution in [-0.4, -0.2) is 84.5 Å². The van der Waals surface area contributed by atoms with E-state index in [0.29, 0.717) is 36.1 Å². The van der Waals surface area contributed by atoms with Crippen molar-refractivity contribution >= 4 is 29.1 Å². The summed E-state index contributed by atoms with van der Waals surface area (Å²) in [7, 11) is 0. The number of piperidine rings is 2. The highest BCUT2D eigenvalue weighted by molar-refractivity contribution is 6.05. The lowest BCUT2D eigenvalue weighted by Crippen LogP contribution is -2.52. The molecule has 0 bridgehead atoms. The first kappa shape index (κ1) is 35.3. The highest BCUT2D eigenvalue weighted by atomic mass is 16.3. The third-order valence-electron chi connectivity index (χ3n) is 13.9. The van der Waals surface area contributed by atoms with Crippen LogP contribution in [0.1, 0.15) is 93.2 Å². The molecule has 2 N–H and O–H groups in total. The van der Waals surface area contributed by atoms with Gasteiger partial charge in [-0.1, -0.05) is 36.4 Å². The number of nitrogens with one attached hydrogen (secondary N) is 1. The first-order valence-electron chi connectivity index (χ1n) is 20.9. The van der Waals surface area contributed by atoms with E-state index in [9.17, 15) is 19.5 Å². The largest absolute Gasteiger partial charge is 0.508 e. The van der Waals surface area contributed by atoms with Gasteiger partial charge in [-0.15, -0.1) is 0 Å². The molecule has 56 heavy (non-hydrogen) atoms. The van der Waals surface area contributed by atoms with Gasteiger partial charge in [-0.05, 0) is 138 Å². The summed E-state index contributed by atoms with van der Waals surface area (Å²) in [5.41, 5.74) is 12.6. The van der Waals surface area contributed by atoms with Gasteiger partial charge in [0.2, 0.25) is 11.8 Å². The van der Waals surface area contributed by atoms with Crippen LogP contribution < -0.4 is 15.1 Å². The maximum Gasteiger partial charge on any atom is 0.255 e. The van der Waals surface area contributed by atoms with Crippen molar-refractivity contribution in [3.05, 3.63) is 123 Å². The summed E-state index contributed by atoms with van der Waals surface area (Å²) < 4.78 is 0. The second-order valence-corrected chi connectivity index (χ2v) is 17.1. The first-order valence-corrected chi connectivity index (χ1v) is 20.9. The molecule has 4 heterocycles. The fourth-order valence-electron chi connectivity index (χ4n) is 10.6. The van der Waals surface area contributed by atoms with Crippen LogP contribution in [0, 0.1) is 5.92 Å². The van der Waals surface area contributed by atoms with Gasteiger partial charge in [-0.3, -0.25) is 24.6 Å². The number of rotatable bonds is 7. The Morgan fingerprint density at radius 1 is 0.625 bits per heavy atom. The summed E-state index contributed by atoms with van der Waals surface area (Å²) in [6.07, 6.45) is 7.54. The molecule has 3 atom stereocenters. The summed E-state index contributed by atoms with van der Waals surface area (Å²) >= 11 is 0. The van der Waals surface area contributed by atoms with Crippen molar-refractivity contribution in [1.82, 2.24) is 15.1 Å². The van der Waals surface area contributed by atoms with Crippen molar-refractivity contribution in [2.45, 2.75) is 75.8 Å². The third-order valence-corrected chi connectivity index (χ3v) is 13.9. The number of amides is 3. The Kier molecular flexibility index (Phi) is 9.08. The molecule has 4 aromatic carbocycles. The number of hydrogen-bond donors (Lipinski definition) is 2. The lowest BCUT2D eigenvalue weighted by Gasteiger charge is -2.40. The summed E-state index contributed by atoms with van der Waals surface area (Å²) in [4.78, 5) is 46.5. The average Bonchev–Trinajstić information content (AvgIpc) is 3.53. The number of anilines is 2. The van der Waals surface area contributed by atoms with Gasteiger partial charge in [0.25, 0.3) is 5.91 Å². The highest BCUT2D eigenvalue weighted by Gasteiger charge is 2.39. The molecule has 4 aromatic rings. The lowest BCUT2D eigenvalue weighted by molar-refractivity contribution is -0.136. The van der Waals surface area contributed by atoms with E-state index in [-0.39, 0.29) is 30.1 Å². The Hall–Kier alpha value is -5.15. The lowest BCUT2D eigenvalue weighted by atomic mass is 9.68. The number of piperazine rings is 1. The van der Waals surface area contributed by atoms with Crippen molar-refractivity contribution in [3.63, 3.8) is 0 Å². The second kappa shape index (κ2) is 14.4. The molecule has 2 aliphatic carbocycles. The van der Waals surface area contributed by atoms with Gasteiger partial charge in [0.1, 0.15) is 11.8 Å². The van der Waals surface area contributed by atoms with Crippen LogP contribution >= 0.6 is 0 Å². The van der Waals surface area contributed by atoms with Crippen molar-refractivity contribution < 1.29 is 19.5 Å². The molecule has 9 nitrogen and oxygen atoms in total. The van der Waals surface area contributed by atoms with Gasteiger partial charge in [-0.2, -0.15) is 0 Å². The molecule has 0 aromatic heterocycles. The van der Waals surface area contributed by atoms with Crippen molar-refractivity contribution in [1.29, 1.82) is 0 Å². The van der Waals surface area contributed by atoms with E-state index in [1.54, 1.807) is 4.90 Å². The maximum atomic E-state index is 13.2. The number of imide groups is 1. The molecular formula is C47H51N5O4. The highest BCUT2D eigenvalue weighted by Crippen LogP contribution is 2.48. The number of benzene rings is 4. The number of aromatic hydroxyl groups is 1. The summed E-state index contributed by atoms with van der Waals surface area (Å²) in [5, 5.41) is 12.7. The number of aryl methyl sites for hydroxylation is 3. The Morgan fingerprint density at radius 3 is 2.12 bits per heavy atom. The Balaban J connectivity index is 0.737. The van der Waals surface area contributed by atoms with Crippen LogP contribution in [0.2, 0.25) is 0 Å². The number of phenols is 1. The topological polar surface area (TPSA) is 96.4 Å². The number of carbonyl (C=O) groups excluding carboxylic acids is 3. The van der Waals surface area contributed by atoms with Gasteiger partial charge in [0, 0.05) is 81.6 Å². The molecule has 6 aliphatic rings. The Labute approximate surface area is 329 Å². The molecule has 10 rings (SSSR count). The molecule has 3 saturated heterocycles.